The minimum absolute atomic E-state index is 0.685. The number of rotatable bonds is 3. The first-order chi connectivity index (χ1) is 10.3. The van der Waals surface area contributed by atoms with Crippen molar-refractivity contribution in [1.29, 1.82) is 5.26 Å². The highest BCUT2D eigenvalue weighted by Crippen LogP contribution is 2.20. The lowest BCUT2D eigenvalue weighted by Gasteiger charge is -2.09. The van der Waals surface area contributed by atoms with E-state index in [4.69, 9.17) is 5.26 Å². The van der Waals surface area contributed by atoms with E-state index in [9.17, 15) is 0 Å². The van der Waals surface area contributed by atoms with Gasteiger partial charge < -0.3 is 4.57 Å². The standard InChI is InChI=1S/C18H15N3/c1-14-4-2-7-17(10-14)18-20-8-9-21(18)13-16-6-3-5-15(11-16)12-19/h2-11H,13H2,1H3. The van der Waals surface area contributed by atoms with Crippen LogP contribution in [0.2, 0.25) is 0 Å². The summed E-state index contributed by atoms with van der Waals surface area (Å²) in [5.41, 5.74) is 4.11. The summed E-state index contributed by atoms with van der Waals surface area (Å²) in [5, 5.41) is 8.98. The summed E-state index contributed by atoms with van der Waals surface area (Å²) in [6.45, 7) is 2.78. The van der Waals surface area contributed by atoms with Crippen LogP contribution >= 0.6 is 0 Å². The van der Waals surface area contributed by atoms with Crippen molar-refractivity contribution in [1.82, 2.24) is 9.55 Å². The van der Waals surface area contributed by atoms with Crippen molar-refractivity contribution < 1.29 is 0 Å². The van der Waals surface area contributed by atoms with E-state index in [0.717, 1.165) is 17.0 Å². The summed E-state index contributed by atoms with van der Waals surface area (Å²) in [5.74, 6) is 0.945. The number of nitriles is 1. The molecule has 2 aromatic carbocycles. The highest BCUT2D eigenvalue weighted by Gasteiger charge is 2.07. The quantitative estimate of drug-likeness (QED) is 0.728. The molecule has 1 aromatic heterocycles. The minimum Gasteiger partial charge on any atom is -0.327 e. The second-order valence-corrected chi connectivity index (χ2v) is 5.06. The first-order valence-corrected chi connectivity index (χ1v) is 6.83. The zero-order valence-corrected chi connectivity index (χ0v) is 11.8. The van der Waals surface area contributed by atoms with Crippen LogP contribution in [0.5, 0.6) is 0 Å². The maximum atomic E-state index is 8.98. The van der Waals surface area contributed by atoms with E-state index in [-0.39, 0.29) is 0 Å². The second kappa shape index (κ2) is 5.64. The van der Waals surface area contributed by atoms with Gasteiger partial charge in [-0.15, -0.1) is 0 Å². The predicted octanol–water partition coefficient (Wildman–Crippen LogP) is 3.78. The monoisotopic (exact) mass is 273 g/mol. The van der Waals surface area contributed by atoms with Crippen molar-refractivity contribution in [3.8, 4) is 17.5 Å². The summed E-state index contributed by atoms with van der Waals surface area (Å²) in [4.78, 5) is 4.46. The average molecular weight is 273 g/mol. The van der Waals surface area contributed by atoms with Crippen molar-refractivity contribution in [2.24, 2.45) is 0 Å². The normalized spacial score (nSPS) is 10.3. The molecule has 0 aliphatic rings. The lowest BCUT2D eigenvalue weighted by atomic mass is 10.1. The van der Waals surface area contributed by atoms with Crippen LogP contribution in [0.3, 0.4) is 0 Å². The Kier molecular flexibility index (Phi) is 3.53. The van der Waals surface area contributed by atoms with E-state index >= 15 is 0 Å². The first-order valence-electron chi connectivity index (χ1n) is 6.83. The highest BCUT2D eigenvalue weighted by molar-refractivity contribution is 5.56. The van der Waals surface area contributed by atoms with Gasteiger partial charge >= 0.3 is 0 Å². The Morgan fingerprint density at radius 2 is 2.00 bits per heavy atom. The lowest BCUT2D eigenvalue weighted by molar-refractivity contribution is 0.806. The number of hydrogen-bond acceptors (Lipinski definition) is 2. The summed E-state index contributed by atoms with van der Waals surface area (Å²) in [6, 6.07) is 18.2. The third kappa shape index (κ3) is 2.85. The SMILES string of the molecule is Cc1cccc(-c2nccn2Cc2cccc(C#N)c2)c1. The van der Waals surface area contributed by atoms with Crippen molar-refractivity contribution in [3.05, 3.63) is 77.6 Å². The molecule has 0 saturated heterocycles. The molecule has 0 saturated carbocycles. The molecule has 0 atom stereocenters. The molecular weight excluding hydrogens is 258 g/mol. The average Bonchev–Trinajstić information content (AvgIpc) is 2.95. The molecule has 0 amide bonds. The number of aryl methyl sites for hydroxylation is 1. The largest absolute Gasteiger partial charge is 0.327 e. The van der Waals surface area contributed by atoms with Gasteiger partial charge in [-0.3, -0.25) is 0 Å². The van der Waals surface area contributed by atoms with Gasteiger partial charge in [0.2, 0.25) is 0 Å². The van der Waals surface area contributed by atoms with E-state index < -0.39 is 0 Å². The summed E-state index contributed by atoms with van der Waals surface area (Å²) in [6.07, 6.45) is 3.78. The van der Waals surface area contributed by atoms with Crippen LogP contribution < -0.4 is 0 Å². The Morgan fingerprint density at radius 1 is 1.14 bits per heavy atom. The molecule has 0 fully saturated rings. The summed E-state index contributed by atoms with van der Waals surface area (Å²) < 4.78 is 2.10. The predicted molar refractivity (Wildman–Crippen MR) is 82.7 cm³/mol. The number of imidazole rings is 1. The molecule has 0 N–H and O–H groups in total. The van der Waals surface area contributed by atoms with Crippen LogP contribution in [-0.2, 0) is 6.54 Å². The van der Waals surface area contributed by atoms with Crippen molar-refractivity contribution in [3.63, 3.8) is 0 Å². The summed E-state index contributed by atoms with van der Waals surface area (Å²) in [7, 11) is 0. The second-order valence-electron chi connectivity index (χ2n) is 5.06. The van der Waals surface area contributed by atoms with Gasteiger partial charge in [-0.05, 0) is 30.7 Å². The molecule has 21 heavy (non-hydrogen) atoms. The van der Waals surface area contributed by atoms with Gasteiger partial charge in [-0.1, -0.05) is 35.9 Å². The van der Waals surface area contributed by atoms with E-state index in [2.05, 4.69) is 40.7 Å². The van der Waals surface area contributed by atoms with Gasteiger partial charge in [-0.25, -0.2) is 4.98 Å². The van der Waals surface area contributed by atoms with Gasteiger partial charge in [-0.2, -0.15) is 5.26 Å². The number of hydrogen-bond donors (Lipinski definition) is 0. The Hall–Kier alpha value is -2.86. The Bertz CT molecular complexity index is 809. The molecule has 3 aromatic rings. The molecule has 0 aliphatic carbocycles. The van der Waals surface area contributed by atoms with Gasteiger partial charge in [0.15, 0.2) is 0 Å². The molecule has 3 nitrogen and oxygen atoms in total. The number of aromatic nitrogens is 2. The van der Waals surface area contributed by atoms with Gasteiger partial charge in [0, 0.05) is 24.5 Å². The molecule has 3 rings (SSSR count). The molecule has 0 bridgehead atoms. The van der Waals surface area contributed by atoms with Crippen molar-refractivity contribution in [2.45, 2.75) is 13.5 Å². The third-order valence-corrected chi connectivity index (χ3v) is 3.40. The van der Waals surface area contributed by atoms with Crippen LogP contribution in [0.25, 0.3) is 11.4 Å². The van der Waals surface area contributed by atoms with Gasteiger partial charge in [0.05, 0.1) is 11.6 Å². The van der Waals surface area contributed by atoms with Gasteiger partial charge in [0.25, 0.3) is 0 Å². The molecule has 3 heteroatoms. The summed E-state index contributed by atoms with van der Waals surface area (Å²) >= 11 is 0. The molecule has 1 heterocycles. The Balaban J connectivity index is 1.94. The fourth-order valence-electron chi connectivity index (χ4n) is 2.42. The fourth-order valence-corrected chi connectivity index (χ4v) is 2.42. The van der Waals surface area contributed by atoms with Crippen LogP contribution in [0.4, 0.5) is 0 Å². The highest BCUT2D eigenvalue weighted by atomic mass is 15.1. The number of nitrogens with zero attached hydrogens (tertiary/aromatic N) is 3. The maximum Gasteiger partial charge on any atom is 0.140 e. The zero-order chi connectivity index (χ0) is 14.7. The molecular formula is C18H15N3. The molecule has 0 radical (unpaired) electrons. The van der Waals surface area contributed by atoms with E-state index in [1.54, 1.807) is 0 Å². The van der Waals surface area contributed by atoms with Crippen molar-refractivity contribution >= 4 is 0 Å². The van der Waals surface area contributed by atoms with Crippen LogP contribution in [-0.4, -0.2) is 9.55 Å². The molecule has 102 valence electrons. The molecule has 0 aliphatic heterocycles. The minimum atomic E-state index is 0.685. The Morgan fingerprint density at radius 3 is 2.81 bits per heavy atom. The van der Waals surface area contributed by atoms with Crippen LogP contribution in [0.1, 0.15) is 16.7 Å². The van der Waals surface area contributed by atoms with E-state index in [0.29, 0.717) is 12.1 Å². The zero-order valence-electron chi connectivity index (χ0n) is 11.8. The number of benzene rings is 2. The third-order valence-electron chi connectivity index (χ3n) is 3.40. The van der Waals surface area contributed by atoms with Gasteiger partial charge in [0.1, 0.15) is 5.82 Å². The topological polar surface area (TPSA) is 41.6 Å². The first kappa shape index (κ1) is 13.1. The maximum absolute atomic E-state index is 8.98. The lowest BCUT2D eigenvalue weighted by Crippen LogP contribution is -2.01. The van der Waals surface area contributed by atoms with Crippen LogP contribution in [0.15, 0.2) is 60.9 Å². The molecule has 0 unspecified atom stereocenters. The fraction of sp³-hybridized carbons (Fsp3) is 0.111. The van der Waals surface area contributed by atoms with E-state index in [1.165, 1.54) is 5.56 Å². The van der Waals surface area contributed by atoms with E-state index in [1.807, 2.05) is 42.7 Å². The smallest absolute Gasteiger partial charge is 0.140 e. The molecule has 0 spiro atoms. The van der Waals surface area contributed by atoms with Crippen LogP contribution in [0, 0.1) is 18.3 Å². The van der Waals surface area contributed by atoms with Crippen molar-refractivity contribution in [2.75, 3.05) is 0 Å². The Labute approximate surface area is 124 Å².